The van der Waals surface area contributed by atoms with Crippen LogP contribution in [0.25, 0.3) is 0 Å². The molecule has 0 radical (unpaired) electrons. The summed E-state index contributed by atoms with van der Waals surface area (Å²) in [7, 11) is -1.68. The van der Waals surface area contributed by atoms with Gasteiger partial charge in [-0.25, -0.2) is 0 Å². The van der Waals surface area contributed by atoms with Crippen molar-refractivity contribution in [2.75, 3.05) is 6.61 Å². The van der Waals surface area contributed by atoms with Crippen molar-refractivity contribution >= 4 is 8.32 Å². The Labute approximate surface area is 120 Å². The van der Waals surface area contributed by atoms with E-state index in [9.17, 15) is 0 Å². The van der Waals surface area contributed by atoms with Crippen LogP contribution in [-0.4, -0.2) is 27.1 Å². The molecule has 2 atom stereocenters. The fourth-order valence-corrected chi connectivity index (χ4v) is 2.80. The van der Waals surface area contributed by atoms with E-state index in [0.717, 1.165) is 0 Å². The van der Waals surface area contributed by atoms with Crippen molar-refractivity contribution in [2.24, 2.45) is 5.41 Å². The van der Waals surface area contributed by atoms with Gasteiger partial charge in [-0.05, 0) is 36.0 Å². The summed E-state index contributed by atoms with van der Waals surface area (Å²) in [5, 5.41) is 0.257. The van der Waals surface area contributed by atoms with Gasteiger partial charge in [-0.2, -0.15) is 0 Å². The molecule has 0 spiro atoms. The maximum absolute atomic E-state index is 6.28. The Morgan fingerprint density at radius 1 is 1.16 bits per heavy atom. The average molecular weight is 285 g/mol. The van der Waals surface area contributed by atoms with Crippen LogP contribution in [-0.2, 0) is 9.16 Å². The highest BCUT2D eigenvalue weighted by atomic mass is 28.4. The molecule has 1 aliphatic rings. The van der Waals surface area contributed by atoms with Gasteiger partial charge in [-0.15, -0.1) is 0 Å². The normalized spacial score (nSPS) is 25.6. The van der Waals surface area contributed by atoms with E-state index in [0.29, 0.717) is 6.61 Å². The first-order valence-corrected chi connectivity index (χ1v) is 10.2. The molecule has 1 heterocycles. The van der Waals surface area contributed by atoms with Crippen molar-refractivity contribution < 1.29 is 9.16 Å². The molecule has 0 aromatic heterocycles. The van der Waals surface area contributed by atoms with Gasteiger partial charge in [-0.1, -0.05) is 47.6 Å². The maximum Gasteiger partial charge on any atom is 0.192 e. The third kappa shape index (κ3) is 4.17. The smallest absolute Gasteiger partial charge is 0.192 e. The van der Waals surface area contributed by atoms with Gasteiger partial charge in [0.25, 0.3) is 0 Å². The van der Waals surface area contributed by atoms with Crippen molar-refractivity contribution in [3.05, 3.63) is 11.6 Å². The van der Waals surface area contributed by atoms with Crippen molar-refractivity contribution in [1.82, 2.24) is 0 Å². The predicted octanol–water partition coefficient (Wildman–Crippen LogP) is 4.77. The summed E-state index contributed by atoms with van der Waals surface area (Å²) in [6, 6.07) is 0. The van der Waals surface area contributed by atoms with Gasteiger partial charge in [0, 0.05) is 0 Å². The Hall–Kier alpha value is -0.123. The lowest BCUT2D eigenvalue weighted by molar-refractivity contribution is -0.0225. The minimum Gasteiger partial charge on any atom is -0.414 e. The van der Waals surface area contributed by atoms with E-state index in [1.807, 2.05) is 0 Å². The van der Waals surface area contributed by atoms with Gasteiger partial charge in [-0.3, -0.25) is 0 Å². The van der Waals surface area contributed by atoms with Gasteiger partial charge < -0.3 is 9.16 Å². The first-order chi connectivity index (χ1) is 8.34. The van der Waals surface area contributed by atoms with Crippen LogP contribution < -0.4 is 0 Å². The lowest BCUT2D eigenvalue weighted by Crippen LogP contribution is -2.43. The van der Waals surface area contributed by atoms with E-state index < -0.39 is 8.32 Å². The van der Waals surface area contributed by atoms with E-state index in [-0.39, 0.29) is 22.7 Å². The molecule has 0 saturated carbocycles. The molecule has 2 nitrogen and oxygen atoms in total. The van der Waals surface area contributed by atoms with Crippen LogP contribution in [0.2, 0.25) is 18.1 Å². The molecular formula is C16H32O2Si. The molecule has 0 aromatic carbocycles. The molecular weight excluding hydrogens is 252 g/mol. The minimum absolute atomic E-state index is 0.137. The Balaban J connectivity index is 2.60. The van der Waals surface area contributed by atoms with Gasteiger partial charge in [0.05, 0.1) is 12.7 Å². The van der Waals surface area contributed by atoms with Crippen LogP contribution in [0, 0.1) is 5.41 Å². The highest BCUT2D eigenvalue weighted by Gasteiger charge is 2.39. The SMILES string of the molecule is CC1=C[C@H](C(C)(C)C)O[C@@H]1CO[Si](C)(C)C(C)(C)C. The van der Waals surface area contributed by atoms with Crippen LogP contribution in [0.4, 0.5) is 0 Å². The maximum atomic E-state index is 6.28. The van der Waals surface area contributed by atoms with Gasteiger partial charge >= 0.3 is 0 Å². The summed E-state index contributed by atoms with van der Waals surface area (Å²) in [5.41, 5.74) is 1.48. The Morgan fingerprint density at radius 3 is 2.05 bits per heavy atom. The molecule has 0 N–H and O–H groups in total. The predicted molar refractivity (Wildman–Crippen MR) is 85.0 cm³/mol. The number of hydrogen-bond acceptors (Lipinski definition) is 2. The lowest BCUT2D eigenvalue weighted by atomic mass is 9.89. The van der Waals surface area contributed by atoms with Crippen LogP contribution in [0.3, 0.4) is 0 Å². The lowest BCUT2D eigenvalue weighted by Gasteiger charge is -2.37. The molecule has 1 aliphatic heterocycles. The van der Waals surface area contributed by atoms with Crippen LogP contribution in [0.1, 0.15) is 48.5 Å². The fourth-order valence-electron chi connectivity index (χ4n) is 1.80. The van der Waals surface area contributed by atoms with E-state index >= 15 is 0 Å². The first kappa shape index (κ1) is 16.9. The fraction of sp³-hybridized carbons (Fsp3) is 0.875. The van der Waals surface area contributed by atoms with Crippen LogP contribution in [0.5, 0.6) is 0 Å². The Kier molecular flexibility index (Phi) is 4.76. The van der Waals surface area contributed by atoms with Crippen LogP contribution in [0.15, 0.2) is 11.6 Å². The molecule has 1 rings (SSSR count). The summed E-state index contributed by atoms with van der Waals surface area (Å²) in [6.07, 6.45) is 2.61. The second-order valence-electron chi connectivity index (χ2n) is 8.39. The summed E-state index contributed by atoms with van der Waals surface area (Å²) in [6.45, 7) is 20.9. The molecule has 19 heavy (non-hydrogen) atoms. The molecule has 0 aliphatic carbocycles. The second-order valence-corrected chi connectivity index (χ2v) is 13.2. The summed E-state index contributed by atoms with van der Waals surface area (Å²) in [4.78, 5) is 0. The Bertz CT molecular complexity index is 345. The third-order valence-electron chi connectivity index (χ3n) is 4.49. The van der Waals surface area contributed by atoms with Gasteiger partial charge in [0.15, 0.2) is 8.32 Å². The van der Waals surface area contributed by atoms with Crippen molar-refractivity contribution in [3.8, 4) is 0 Å². The molecule has 0 amide bonds. The zero-order valence-corrected chi connectivity index (χ0v) is 15.3. The molecule has 0 bridgehead atoms. The second kappa shape index (κ2) is 5.34. The van der Waals surface area contributed by atoms with Gasteiger partial charge in [0.2, 0.25) is 0 Å². The Morgan fingerprint density at radius 2 is 1.68 bits per heavy atom. The summed E-state index contributed by atoms with van der Waals surface area (Å²) < 4.78 is 12.4. The molecule has 0 unspecified atom stereocenters. The molecule has 3 heteroatoms. The first-order valence-electron chi connectivity index (χ1n) is 7.32. The third-order valence-corrected chi connectivity index (χ3v) is 8.99. The molecule has 0 saturated heterocycles. The van der Waals surface area contributed by atoms with E-state index in [2.05, 4.69) is 67.6 Å². The average Bonchev–Trinajstić information content (AvgIpc) is 2.55. The zero-order chi connectivity index (χ0) is 15.1. The molecule has 0 fully saturated rings. The van der Waals surface area contributed by atoms with Crippen molar-refractivity contribution in [3.63, 3.8) is 0 Å². The standard InChI is InChI=1S/C16H32O2Si/c1-12-10-14(15(2,3)4)18-13(12)11-17-19(8,9)16(5,6)7/h10,13-14H,11H2,1-9H3/t13-,14-/m1/s1. The monoisotopic (exact) mass is 284 g/mol. The number of ether oxygens (including phenoxy) is 1. The van der Waals surface area contributed by atoms with E-state index in [1.165, 1.54) is 5.57 Å². The quantitative estimate of drug-likeness (QED) is 0.549. The van der Waals surface area contributed by atoms with E-state index in [4.69, 9.17) is 9.16 Å². The highest BCUT2D eigenvalue weighted by molar-refractivity contribution is 6.74. The summed E-state index contributed by atoms with van der Waals surface area (Å²) >= 11 is 0. The molecule has 0 aromatic rings. The highest BCUT2D eigenvalue weighted by Crippen LogP contribution is 2.38. The van der Waals surface area contributed by atoms with E-state index in [1.54, 1.807) is 0 Å². The number of hydrogen-bond donors (Lipinski definition) is 0. The largest absolute Gasteiger partial charge is 0.414 e. The van der Waals surface area contributed by atoms with Crippen LogP contribution >= 0.6 is 0 Å². The topological polar surface area (TPSA) is 18.5 Å². The number of rotatable bonds is 3. The zero-order valence-electron chi connectivity index (χ0n) is 14.3. The molecule has 112 valence electrons. The minimum atomic E-state index is -1.68. The van der Waals surface area contributed by atoms with Crippen molar-refractivity contribution in [2.45, 2.75) is 78.8 Å². The van der Waals surface area contributed by atoms with Gasteiger partial charge in [0.1, 0.15) is 6.10 Å². The summed E-state index contributed by atoms with van der Waals surface area (Å²) in [5.74, 6) is 0. The van der Waals surface area contributed by atoms with Crippen molar-refractivity contribution in [1.29, 1.82) is 0 Å².